The zero-order chi connectivity index (χ0) is 69.3. The molecule has 0 saturated carbocycles. The molecule has 0 fully saturated rings. The number of phosphoric acid groups is 2. The van der Waals surface area contributed by atoms with Crippen molar-refractivity contribution in [3.05, 3.63) is 0 Å². The fourth-order valence-electron chi connectivity index (χ4n) is 11.5. The van der Waals surface area contributed by atoms with Crippen LogP contribution in [0.25, 0.3) is 0 Å². The lowest BCUT2D eigenvalue weighted by Crippen LogP contribution is -2.30. The van der Waals surface area contributed by atoms with Crippen LogP contribution in [0.4, 0.5) is 0 Å². The van der Waals surface area contributed by atoms with Crippen LogP contribution in [0.15, 0.2) is 0 Å². The number of rotatable bonds is 74. The molecule has 19 heteroatoms. The standard InChI is InChI=1S/C75H146O17P2/c1-7-9-11-13-15-16-17-24-28-35-41-47-53-59-74(79)91-70(63-85-72(77)57-51-45-37-14-12-10-8-2)65-89-93(81,82)87-61-69(76)62-88-94(83,84)90-66-71(64-86-73(78)58-52-46-40-34-31-30-33-39-44-50-56-68(5)6)92-75(80)60-54-48-42-36-29-26-23-21-19-18-20-22-25-27-32-38-43-49-55-67(3)4/h67-71,76H,7-66H2,1-6H3,(H,81,82)(H,83,84)/t69-,70+,71+/m0/s1. The van der Waals surface area contributed by atoms with Gasteiger partial charge in [-0.1, -0.05) is 337 Å². The summed E-state index contributed by atoms with van der Waals surface area (Å²) < 4.78 is 68.4. The van der Waals surface area contributed by atoms with E-state index in [1.165, 1.54) is 193 Å². The Bertz CT molecular complexity index is 1820. The maximum Gasteiger partial charge on any atom is 0.472 e. The second-order valence-corrected chi connectivity index (χ2v) is 30.9. The fourth-order valence-corrected chi connectivity index (χ4v) is 13.1. The molecule has 0 bridgehead atoms. The van der Waals surface area contributed by atoms with Crippen molar-refractivity contribution >= 4 is 39.5 Å². The first-order valence-corrected chi connectivity index (χ1v) is 42.0. The molecule has 2 unspecified atom stereocenters. The highest BCUT2D eigenvalue weighted by atomic mass is 31.2. The number of hydrogen-bond acceptors (Lipinski definition) is 15. The molecule has 94 heavy (non-hydrogen) atoms. The van der Waals surface area contributed by atoms with E-state index in [0.717, 1.165) is 115 Å². The number of esters is 4. The van der Waals surface area contributed by atoms with Gasteiger partial charge in [-0.15, -0.1) is 0 Å². The summed E-state index contributed by atoms with van der Waals surface area (Å²) in [5, 5.41) is 10.6. The molecule has 0 aliphatic rings. The topological polar surface area (TPSA) is 237 Å². The molecule has 17 nitrogen and oxygen atoms in total. The van der Waals surface area contributed by atoms with Crippen molar-refractivity contribution in [2.75, 3.05) is 39.6 Å². The summed E-state index contributed by atoms with van der Waals surface area (Å²) in [5.41, 5.74) is 0. The van der Waals surface area contributed by atoms with Gasteiger partial charge >= 0.3 is 39.5 Å². The van der Waals surface area contributed by atoms with Crippen LogP contribution in [0.3, 0.4) is 0 Å². The molecular weight excluding hydrogens is 1230 g/mol. The molecule has 0 rings (SSSR count). The molecule has 5 atom stereocenters. The quantitative estimate of drug-likeness (QED) is 0.0222. The Morgan fingerprint density at radius 3 is 0.723 bits per heavy atom. The zero-order valence-electron chi connectivity index (χ0n) is 61.3. The third kappa shape index (κ3) is 68.6. The first-order chi connectivity index (χ1) is 45.4. The molecule has 0 heterocycles. The van der Waals surface area contributed by atoms with Crippen LogP contribution >= 0.6 is 15.6 Å². The predicted octanol–water partition coefficient (Wildman–Crippen LogP) is 21.9. The maximum atomic E-state index is 13.1. The summed E-state index contributed by atoms with van der Waals surface area (Å²) in [7, 11) is -9.90. The molecule has 3 N–H and O–H groups in total. The van der Waals surface area contributed by atoms with E-state index < -0.39 is 97.5 Å². The molecule has 0 aromatic heterocycles. The van der Waals surface area contributed by atoms with Crippen molar-refractivity contribution < 1.29 is 80.2 Å². The van der Waals surface area contributed by atoms with E-state index in [0.29, 0.717) is 25.7 Å². The molecule has 0 spiro atoms. The molecule has 0 aromatic rings. The van der Waals surface area contributed by atoms with Crippen molar-refractivity contribution in [3.63, 3.8) is 0 Å². The minimum Gasteiger partial charge on any atom is -0.462 e. The van der Waals surface area contributed by atoms with Crippen molar-refractivity contribution in [1.29, 1.82) is 0 Å². The number of ether oxygens (including phenoxy) is 4. The molecule has 0 aromatic carbocycles. The number of aliphatic hydroxyl groups excluding tert-OH is 1. The van der Waals surface area contributed by atoms with Gasteiger partial charge in [0.1, 0.15) is 19.3 Å². The summed E-state index contributed by atoms with van der Waals surface area (Å²) in [6.45, 7) is 9.58. The van der Waals surface area contributed by atoms with Crippen LogP contribution in [-0.2, 0) is 65.4 Å². The van der Waals surface area contributed by atoms with Crippen LogP contribution in [0, 0.1) is 11.8 Å². The van der Waals surface area contributed by atoms with E-state index in [4.69, 9.17) is 37.0 Å². The highest BCUT2D eigenvalue weighted by Crippen LogP contribution is 2.45. The minimum atomic E-state index is -4.95. The summed E-state index contributed by atoms with van der Waals surface area (Å²) in [4.78, 5) is 72.6. The van der Waals surface area contributed by atoms with Gasteiger partial charge in [0.15, 0.2) is 12.2 Å². The average Bonchev–Trinajstić information content (AvgIpc) is 2.31. The van der Waals surface area contributed by atoms with Crippen LogP contribution in [-0.4, -0.2) is 96.7 Å². The summed E-state index contributed by atoms with van der Waals surface area (Å²) >= 11 is 0. The van der Waals surface area contributed by atoms with Crippen LogP contribution in [0.2, 0.25) is 0 Å². The van der Waals surface area contributed by atoms with Gasteiger partial charge in [0, 0.05) is 25.7 Å². The lowest BCUT2D eigenvalue weighted by molar-refractivity contribution is -0.161. The Balaban J connectivity index is 5.16. The number of carbonyl (C=O) groups excluding carboxylic acids is 4. The van der Waals surface area contributed by atoms with Gasteiger partial charge in [-0.25, -0.2) is 9.13 Å². The third-order valence-electron chi connectivity index (χ3n) is 17.5. The van der Waals surface area contributed by atoms with Crippen molar-refractivity contribution in [2.45, 2.75) is 407 Å². The van der Waals surface area contributed by atoms with Gasteiger partial charge in [-0.2, -0.15) is 0 Å². The van der Waals surface area contributed by atoms with E-state index >= 15 is 0 Å². The van der Waals surface area contributed by atoms with E-state index in [1.54, 1.807) is 0 Å². The largest absolute Gasteiger partial charge is 0.472 e. The lowest BCUT2D eigenvalue weighted by Gasteiger charge is -2.21. The summed E-state index contributed by atoms with van der Waals surface area (Å²) in [6.07, 6.45) is 54.3. The minimum absolute atomic E-state index is 0.107. The molecule has 0 aliphatic heterocycles. The van der Waals surface area contributed by atoms with Gasteiger partial charge in [0.05, 0.1) is 26.4 Å². The third-order valence-corrected chi connectivity index (χ3v) is 19.4. The lowest BCUT2D eigenvalue weighted by atomic mass is 10.0. The molecule has 0 amide bonds. The Kier molecular flexibility index (Phi) is 65.5. The van der Waals surface area contributed by atoms with Gasteiger partial charge in [-0.3, -0.25) is 37.3 Å². The second kappa shape index (κ2) is 66.9. The van der Waals surface area contributed by atoms with Gasteiger partial charge in [0.2, 0.25) is 0 Å². The van der Waals surface area contributed by atoms with Gasteiger partial charge in [0.25, 0.3) is 0 Å². The number of unbranched alkanes of at least 4 members (excludes halogenated alkanes) is 44. The predicted molar refractivity (Wildman–Crippen MR) is 381 cm³/mol. The monoisotopic (exact) mass is 1380 g/mol. The van der Waals surface area contributed by atoms with Crippen LogP contribution in [0.5, 0.6) is 0 Å². The van der Waals surface area contributed by atoms with E-state index in [2.05, 4.69) is 41.5 Å². The Morgan fingerprint density at radius 2 is 0.489 bits per heavy atom. The van der Waals surface area contributed by atoms with Crippen LogP contribution < -0.4 is 0 Å². The highest BCUT2D eigenvalue weighted by molar-refractivity contribution is 7.47. The highest BCUT2D eigenvalue weighted by Gasteiger charge is 2.30. The zero-order valence-corrected chi connectivity index (χ0v) is 63.1. The summed E-state index contributed by atoms with van der Waals surface area (Å²) in [6, 6.07) is 0. The number of phosphoric ester groups is 2. The van der Waals surface area contributed by atoms with Gasteiger partial charge in [-0.05, 0) is 37.5 Å². The van der Waals surface area contributed by atoms with Crippen molar-refractivity contribution in [1.82, 2.24) is 0 Å². The number of hydrogen-bond donors (Lipinski definition) is 3. The first kappa shape index (κ1) is 92.1. The summed E-state index contributed by atoms with van der Waals surface area (Å²) in [5.74, 6) is -0.542. The molecule has 0 saturated heterocycles. The maximum absolute atomic E-state index is 13.1. The Morgan fingerprint density at radius 1 is 0.287 bits per heavy atom. The first-order valence-electron chi connectivity index (χ1n) is 39.0. The van der Waals surface area contributed by atoms with Crippen LogP contribution in [0.1, 0.15) is 388 Å². The molecule has 0 aliphatic carbocycles. The average molecular weight is 1380 g/mol. The van der Waals surface area contributed by atoms with Gasteiger partial charge < -0.3 is 33.8 Å². The second-order valence-electron chi connectivity index (χ2n) is 28.0. The van der Waals surface area contributed by atoms with E-state index in [1.807, 2.05) is 0 Å². The molecular formula is C75H146O17P2. The Hall–Kier alpha value is -1.94. The Labute approximate surface area is 575 Å². The van der Waals surface area contributed by atoms with E-state index in [9.17, 15) is 43.2 Å². The fraction of sp³-hybridized carbons (Fsp3) is 0.947. The molecule has 0 radical (unpaired) electrons. The molecule has 558 valence electrons. The smallest absolute Gasteiger partial charge is 0.462 e. The normalized spacial score (nSPS) is 14.0. The van der Waals surface area contributed by atoms with E-state index in [-0.39, 0.29) is 25.7 Å². The van der Waals surface area contributed by atoms with Crippen molar-refractivity contribution in [2.24, 2.45) is 11.8 Å². The number of aliphatic hydroxyl groups is 1. The van der Waals surface area contributed by atoms with Crippen molar-refractivity contribution in [3.8, 4) is 0 Å². The SMILES string of the molecule is CCCCCCCCCCCCCCCC(=O)O[C@H](COC(=O)CCCCCCCCC)COP(=O)(O)OC[C@H](O)COP(=O)(O)OC[C@@H](COC(=O)CCCCCCCCCCCCC(C)C)OC(=O)CCCCCCCCCCCCCCCCCCCCC(C)C. The number of carbonyl (C=O) groups is 4.